The molecule has 1 unspecified atom stereocenters. The molecule has 4 aromatic rings. The monoisotopic (exact) mass is 951 g/mol. The lowest BCUT2D eigenvalue weighted by Gasteiger charge is -2.32. The number of carbonyl (C=O) groups excluding carboxylic acids is 3. The molecule has 3 aliphatic rings. The standard InChI is InChI=1S/C55H61N5O10/c1-58(2)42-18-20-44-48(35-42)70-49-36-43(59(3)4)19-21-45(49)54(44)53-40(13-9-14-46(53)55(64)65)34-51(62)57-25-27-67-29-31-69-33-32-68-30-28-66-26-23-50(61)56-24-22-52(63)60-37-41-12-6-5-10-38(41)16-17-39-11-7-8-15-47(39)60/h5-15,18-21,35-36,52,63H,22-34,37H2,1-4H3,(H2-,56,57,61,62,64,65). The van der Waals surface area contributed by atoms with Crippen molar-refractivity contribution in [2.75, 3.05) is 104 Å². The van der Waals surface area contributed by atoms with Crippen LogP contribution in [0, 0.1) is 11.8 Å². The van der Waals surface area contributed by atoms with E-state index in [1.165, 1.54) is 6.07 Å². The van der Waals surface area contributed by atoms with E-state index in [-0.39, 0.29) is 50.0 Å². The molecule has 0 fully saturated rings. The number of fused-ring (bicyclic) bond motifs is 4. The van der Waals surface area contributed by atoms with Gasteiger partial charge in [0.1, 0.15) is 31.7 Å². The summed E-state index contributed by atoms with van der Waals surface area (Å²) in [6, 6.07) is 32.1. The average Bonchev–Trinajstić information content (AvgIpc) is 3.34. The minimum Gasteiger partial charge on any atom is -0.545 e. The molecule has 2 heterocycles. The first kappa shape index (κ1) is 50.8. The number of carboxylic acid groups (broad SMARTS) is 1. The van der Waals surface area contributed by atoms with Crippen LogP contribution in [0.25, 0.3) is 33.4 Å². The van der Waals surface area contributed by atoms with Crippen molar-refractivity contribution >= 4 is 40.1 Å². The summed E-state index contributed by atoms with van der Waals surface area (Å²) in [5, 5.41) is 31.2. The zero-order valence-corrected chi connectivity index (χ0v) is 40.3. The quantitative estimate of drug-likeness (QED) is 0.0344. The molecule has 0 aromatic heterocycles. The number of para-hydroxylation sites is 1. The van der Waals surface area contributed by atoms with Crippen LogP contribution in [-0.2, 0) is 41.5 Å². The highest BCUT2D eigenvalue weighted by Crippen LogP contribution is 2.43. The van der Waals surface area contributed by atoms with Gasteiger partial charge in [0.15, 0.2) is 0 Å². The average molecular weight is 952 g/mol. The third-order valence-electron chi connectivity index (χ3n) is 11.8. The Bertz CT molecular complexity index is 2880. The number of carbonyl (C=O) groups is 3. The van der Waals surface area contributed by atoms with Crippen molar-refractivity contribution in [1.29, 1.82) is 0 Å². The van der Waals surface area contributed by atoms with E-state index >= 15 is 0 Å². The molecule has 2 aliphatic heterocycles. The molecule has 0 spiro atoms. The lowest BCUT2D eigenvalue weighted by Crippen LogP contribution is -2.39. The number of amides is 2. The number of aliphatic hydroxyl groups excluding tert-OH is 1. The number of benzene rings is 5. The second-order valence-corrected chi connectivity index (χ2v) is 17.2. The molecule has 7 rings (SSSR count). The van der Waals surface area contributed by atoms with Crippen molar-refractivity contribution in [3.63, 3.8) is 0 Å². The van der Waals surface area contributed by atoms with Gasteiger partial charge in [-0.1, -0.05) is 60.4 Å². The molecule has 0 bridgehead atoms. The summed E-state index contributed by atoms with van der Waals surface area (Å²) in [6.07, 6.45) is -0.368. The lowest BCUT2D eigenvalue weighted by molar-refractivity contribution is -0.255. The van der Waals surface area contributed by atoms with E-state index in [1.54, 1.807) is 12.1 Å². The fraction of sp³-hybridized carbons (Fsp3) is 0.345. The lowest BCUT2D eigenvalue weighted by atomic mass is 9.86. The molecule has 3 N–H and O–H groups in total. The van der Waals surface area contributed by atoms with Crippen LogP contribution in [0.2, 0.25) is 0 Å². The number of aliphatic hydroxyl groups is 1. The summed E-state index contributed by atoms with van der Waals surface area (Å²) < 4.78 is 30.8. The summed E-state index contributed by atoms with van der Waals surface area (Å²) in [7, 11) is 7.74. The van der Waals surface area contributed by atoms with Crippen molar-refractivity contribution in [2.24, 2.45) is 0 Å². The number of rotatable bonds is 24. The molecule has 2 amide bonds. The van der Waals surface area contributed by atoms with Gasteiger partial charge in [-0.25, -0.2) is 4.58 Å². The fourth-order valence-electron chi connectivity index (χ4n) is 8.19. The molecule has 0 saturated carbocycles. The van der Waals surface area contributed by atoms with Crippen LogP contribution in [-0.4, -0.2) is 123 Å². The van der Waals surface area contributed by atoms with Crippen molar-refractivity contribution < 1.29 is 48.0 Å². The number of nitrogens with zero attached hydrogens (tertiary/aromatic N) is 3. The SMILES string of the molecule is CN(C)c1ccc2c(-c3c(CC(=O)NCCOCCOCCOCCOCCC(=O)NCCC(O)N4Cc5ccccc5C#Cc5ccccc54)cccc3C(=O)[O-])c3ccc(=[N+](C)C)cc-3oc2c1. The molecule has 15 heteroatoms. The molecule has 366 valence electrons. The Morgan fingerprint density at radius 2 is 1.43 bits per heavy atom. The molecule has 0 radical (unpaired) electrons. The van der Waals surface area contributed by atoms with Crippen LogP contribution in [0.5, 0.6) is 0 Å². The highest BCUT2D eigenvalue weighted by molar-refractivity contribution is 6.09. The normalized spacial score (nSPS) is 12.3. The van der Waals surface area contributed by atoms with Crippen LogP contribution in [0.4, 0.5) is 11.4 Å². The van der Waals surface area contributed by atoms with E-state index < -0.39 is 12.2 Å². The van der Waals surface area contributed by atoms with E-state index in [0.717, 1.165) is 33.4 Å². The van der Waals surface area contributed by atoms with Gasteiger partial charge in [-0.3, -0.25) is 9.59 Å². The van der Waals surface area contributed by atoms with Gasteiger partial charge in [-0.2, -0.15) is 0 Å². The highest BCUT2D eigenvalue weighted by Gasteiger charge is 2.25. The number of hydrogen-bond donors (Lipinski definition) is 3. The van der Waals surface area contributed by atoms with Gasteiger partial charge < -0.3 is 58.8 Å². The highest BCUT2D eigenvalue weighted by atomic mass is 16.6. The summed E-state index contributed by atoms with van der Waals surface area (Å²) in [6.45, 7) is 3.61. The van der Waals surface area contributed by atoms with Crippen LogP contribution >= 0.6 is 0 Å². The van der Waals surface area contributed by atoms with Gasteiger partial charge in [0.05, 0.1) is 77.0 Å². The number of carboxylic acids is 1. The summed E-state index contributed by atoms with van der Waals surface area (Å²) in [4.78, 5) is 42.3. The maximum atomic E-state index is 13.3. The zero-order chi connectivity index (χ0) is 49.4. The molecule has 15 nitrogen and oxygen atoms in total. The summed E-state index contributed by atoms with van der Waals surface area (Å²) in [5.74, 6) is 5.26. The summed E-state index contributed by atoms with van der Waals surface area (Å²) in [5.41, 5.74) is 7.42. The molecule has 4 aromatic carbocycles. The first-order valence-electron chi connectivity index (χ1n) is 23.5. The number of nitrogens with one attached hydrogen (secondary N) is 2. The van der Waals surface area contributed by atoms with E-state index in [4.69, 9.17) is 23.4 Å². The Morgan fingerprint density at radius 1 is 0.757 bits per heavy atom. The Kier molecular flexibility index (Phi) is 18.1. The van der Waals surface area contributed by atoms with Gasteiger partial charge in [0.2, 0.25) is 17.2 Å². The third kappa shape index (κ3) is 13.4. The first-order valence-corrected chi connectivity index (χ1v) is 23.5. The van der Waals surface area contributed by atoms with Crippen LogP contribution < -0.4 is 35.5 Å². The molecule has 70 heavy (non-hydrogen) atoms. The molecule has 0 saturated heterocycles. The summed E-state index contributed by atoms with van der Waals surface area (Å²) >= 11 is 0. The molecule has 1 atom stereocenters. The third-order valence-corrected chi connectivity index (χ3v) is 11.8. The van der Waals surface area contributed by atoms with Crippen molar-refractivity contribution in [3.05, 3.63) is 136 Å². The van der Waals surface area contributed by atoms with Gasteiger partial charge in [0.25, 0.3) is 0 Å². The van der Waals surface area contributed by atoms with Crippen molar-refractivity contribution in [1.82, 2.24) is 15.2 Å². The van der Waals surface area contributed by atoms with Crippen LogP contribution in [0.1, 0.15) is 45.5 Å². The Balaban J connectivity index is 0.766. The van der Waals surface area contributed by atoms with Gasteiger partial charge in [-0.05, 0) is 53.1 Å². The second-order valence-electron chi connectivity index (χ2n) is 17.2. The van der Waals surface area contributed by atoms with Crippen LogP contribution in [0.15, 0.2) is 108 Å². The van der Waals surface area contributed by atoms with Gasteiger partial charge in [-0.15, -0.1) is 0 Å². The molecule has 1 aliphatic carbocycles. The molecular formula is C55H61N5O10. The van der Waals surface area contributed by atoms with Gasteiger partial charge >= 0.3 is 0 Å². The predicted molar refractivity (Wildman–Crippen MR) is 267 cm³/mol. The predicted octanol–water partition coefficient (Wildman–Crippen LogP) is 4.03. The largest absolute Gasteiger partial charge is 0.545 e. The van der Waals surface area contributed by atoms with E-state index in [9.17, 15) is 24.6 Å². The van der Waals surface area contributed by atoms with Crippen molar-refractivity contribution in [3.8, 4) is 34.3 Å². The maximum Gasteiger partial charge on any atom is 0.224 e. The van der Waals surface area contributed by atoms with Crippen molar-refractivity contribution in [2.45, 2.75) is 32.0 Å². The zero-order valence-electron chi connectivity index (χ0n) is 40.3. The number of ether oxygens (including phenoxy) is 4. The Hall–Kier alpha value is -7.06. The Labute approximate surface area is 408 Å². The van der Waals surface area contributed by atoms with Crippen LogP contribution in [0.3, 0.4) is 0 Å². The van der Waals surface area contributed by atoms with Gasteiger partial charge in [0, 0.05) is 97.6 Å². The fourth-order valence-corrected chi connectivity index (χ4v) is 8.19. The minimum atomic E-state index is -1.35. The van der Waals surface area contributed by atoms with E-state index in [2.05, 4.69) is 22.5 Å². The minimum absolute atomic E-state index is 0.0216. The van der Waals surface area contributed by atoms with E-state index in [0.29, 0.717) is 98.1 Å². The number of anilines is 2. The number of aromatic carboxylic acids is 1. The Morgan fingerprint density at radius 3 is 2.16 bits per heavy atom. The smallest absolute Gasteiger partial charge is 0.224 e. The molecular weight excluding hydrogens is 891 g/mol. The number of hydrogen-bond acceptors (Lipinski definition) is 12. The first-order chi connectivity index (χ1) is 34.0. The van der Waals surface area contributed by atoms with E-state index in [1.807, 2.05) is 127 Å². The topological polar surface area (TPSA) is 178 Å². The second kappa shape index (κ2) is 25.0. The maximum absolute atomic E-state index is 13.3.